The van der Waals surface area contributed by atoms with Gasteiger partial charge in [0.25, 0.3) is 0 Å². The van der Waals surface area contributed by atoms with E-state index in [1.54, 1.807) is 0 Å². The molecule has 2 heterocycles. The van der Waals surface area contributed by atoms with Crippen LogP contribution in [0.15, 0.2) is 0 Å². The first kappa shape index (κ1) is 8.27. The molecule has 0 saturated carbocycles. The number of aromatic nitrogens is 3. The van der Waals surface area contributed by atoms with Gasteiger partial charge in [-0.05, 0) is 7.05 Å². The third-order valence-corrected chi connectivity index (χ3v) is 2.31. The molecule has 1 aromatic heterocycles. The summed E-state index contributed by atoms with van der Waals surface area (Å²) < 4.78 is 1.82. The highest BCUT2D eigenvalue weighted by atomic mass is 15.4. The Bertz CT molecular complexity index is 347. The second-order valence-electron chi connectivity index (χ2n) is 3.33. The van der Waals surface area contributed by atoms with Crippen LogP contribution in [0.3, 0.4) is 0 Å². The number of hydrogen-bond donors (Lipinski definition) is 0. The molecular formula is C9H12N4. The molecule has 0 saturated heterocycles. The van der Waals surface area contributed by atoms with E-state index in [0.29, 0.717) is 6.54 Å². The Morgan fingerprint density at radius 2 is 2.46 bits per heavy atom. The molecule has 0 bridgehead atoms. The molecule has 4 nitrogen and oxygen atoms in total. The van der Waals surface area contributed by atoms with E-state index >= 15 is 0 Å². The largest absolute Gasteiger partial charge is 0.300 e. The van der Waals surface area contributed by atoms with Gasteiger partial charge in [-0.1, -0.05) is 11.1 Å². The topological polar surface area (TPSA) is 34.0 Å². The summed E-state index contributed by atoms with van der Waals surface area (Å²) in [6, 6.07) is 0. The van der Waals surface area contributed by atoms with Crippen molar-refractivity contribution in [1.82, 2.24) is 19.9 Å². The van der Waals surface area contributed by atoms with Gasteiger partial charge in [0.2, 0.25) is 0 Å². The quantitative estimate of drug-likeness (QED) is 0.560. The minimum Gasteiger partial charge on any atom is -0.300 e. The Kier molecular flexibility index (Phi) is 2.03. The standard InChI is InChI=1S/C9H12N4/c1-3-5-13-9-4-6-12(2)7-8(9)10-11-13/h1H,4-7H2,2H3. The van der Waals surface area contributed by atoms with Crippen molar-refractivity contribution >= 4 is 0 Å². The van der Waals surface area contributed by atoms with Crippen molar-refractivity contribution in [2.75, 3.05) is 13.6 Å². The summed E-state index contributed by atoms with van der Waals surface area (Å²) in [6.07, 6.45) is 6.23. The second-order valence-corrected chi connectivity index (χ2v) is 3.33. The molecule has 1 aliphatic heterocycles. The second kappa shape index (κ2) is 3.19. The smallest absolute Gasteiger partial charge is 0.103 e. The zero-order chi connectivity index (χ0) is 9.26. The summed E-state index contributed by atoms with van der Waals surface area (Å²) >= 11 is 0. The number of nitrogens with zero attached hydrogens (tertiary/aromatic N) is 4. The first-order valence-corrected chi connectivity index (χ1v) is 4.34. The van der Waals surface area contributed by atoms with Crippen LogP contribution in [0.4, 0.5) is 0 Å². The maximum absolute atomic E-state index is 5.23. The number of hydrogen-bond acceptors (Lipinski definition) is 3. The van der Waals surface area contributed by atoms with Crippen molar-refractivity contribution in [3.8, 4) is 12.3 Å². The zero-order valence-corrected chi connectivity index (χ0v) is 7.69. The van der Waals surface area contributed by atoms with Crippen LogP contribution in [0.5, 0.6) is 0 Å². The maximum Gasteiger partial charge on any atom is 0.103 e. The minimum absolute atomic E-state index is 0.534. The van der Waals surface area contributed by atoms with Gasteiger partial charge in [-0.2, -0.15) is 0 Å². The number of likely N-dealkylation sites (N-methyl/N-ethyl adjacent to an activating group) is 1. The molecule has 0 N–H and O–H groups in total. The van der Waals surface area contributed by atoms with Gasteiger partial charge in [0.1, 0.15) is 6.54 Å². The van der Waals surface area contributed by atoms with E-state index in [0.717, 1.165) is 25.2 Å². The van der Waals surface area contributed by atoms with Gasteiger partial charge in [-0.3, -0.25) is 0 Å². The average molecular weight is 176 g/mol. The first-order chi connectivity index (χ1) is 6.31. The molecule has 1 aliphatic rings. The van der Waals surface area contributed by atoms with E-state index in [-0.39, 0.29) is 0 Å². The molecule has 4 heteroatoms. The van der Waals surface area contributed by atoms with E-state index in [1.807, 2.05) is 4.68 Å². The van der Waals surface area contributed by atoms with Crippen LogP contribution >= 0.6 is 0 Å². The van der Waals surface area contributed by atoms with E-state index < -0.39 is 0 Å². The molecule has 0 unspecified atom stereocenters. The van der Waals surface area contributed by atoms with Gasteiger partial charge in [-0.25, -0.2) is 4.68 Å². The summed E-state index contributed by atoms with van der Waals surface area (Å²) in [5, 5.41) is 8.12. The molecule has 0 spiro atoms. The lowest BCUT2D eigenvalue weighted by Gasteiger charge is -2.21. The highest BCUT2D eigenvalue weighted by Gasteiger charge is 2.18. The van der Waals surface area contributed by atoms with Gasteiger partial charge in [0.05, 0.1) is 11.4 Å². The summed E-state index contributed by atoms with van der Waals surface area (Å²) in [5.41, 5.74) is 2.28. The first-order valence-electron chi connectivity index (χ1n) is 4.34. The summed E-state index contributed by atoms with van der Waals surface area (Å²) in [6.45, 7) is 2.48. The van der Waals surface area contributed by atoms with Gasteiger partial charge in [0, 0.05) is 19.5 Å². The van der Waals surface area contributed by atoms with E-state index in [4.69, 9.17) is 6.42 Å². The van der Waals surface area contributed by atoms with Crippen LogP contribution in [-0.4, -0.2) is 33.5 Å². The lowest BCUT2D eigenvalue weighted by atomic mass is 10.1. The van der Waals surface area contributed by atoms with E-state index in [1.165, 1.54) is 5.69 Å². The maximum atomic E-state index is 5.23. The third kappa shape index (κ3) is 1.43. The summed E-state index contributed by atoms with van der Waals surface area (Å²) in [7, 11) is 2.09. The van der Waals surface area contributed by atoms with Crippen molar-refractivity contribution in [3.63, 3.8) is 0 Å². The molecule has 68 valence electrons. The molecular weight excluding hydrogens is 164 g/mol. The van der Waals surface area contributed by atoms with Gasteiger partial charge < -0.3 is 4.90 Å². The molecule has 0 atom stereocenters. The summed E-state index contributed by atoms with van der Waals surface area (Å²) in [5.74, 6) is 2.58. The third-order valence-electron chi connectivity index (χ3n) is 2.31. The van der Waals surface area contributed by atoms with Crippen LogP contribution in [0.1, 0.15) is 11.4 Å². The van der Waals surface area contributed by atoms with Crippen LogP contribution in [0.25, 0.3) is 0 Å². The minimum atomic E-state index is 0.534. The van der Waals surface area contributed by atoms with E-state index in [2.05, 4.69) is 28.2 Å². The van der Waals surface area contributed by atoms with Gasteiger partial charge in [-0.15, -0.1) is 11.5 Å². The fourth-order valence-electron chi connectivity index (χ4n) is 1.61. The highest BCUT2D eigenvalue weighted by Crippen LogP contribution is 2.14. The number of terminal acetylenes is 1. The monoisotopic (exact) mass is 176 g/mol. The Labute approximate surface area is 77.5 Å². The predicted octanol–water partition coefficient (Wildman–Crippen LogP) is -0.101. The Balaban J connectivity index is 2.29. The number of rotatable bonds is 1. The van der Waals surface area contributed by atoms with Crippen LogP contribution in [0.2, 0.25) is 0 Å². The molecule has 1 aromatic rings. The Morgan fingerprint density at radius 1 is 1.62 bits per heavy atom. The highest BCUT2D eigenvalue weighted by molar-refractivity contribution is 5.14. The molecule has 0 aliphatic carbocycles. The van der Waals surface area contributed by atoms with Crippen LogP contribution < -0.4 is 0 Å². The fraction of sp³-hybridized carbons (Fsp3) is 0.556. The van der Waals surface area contributed by atoms with Crippen LogP contribution in [-0.2, 0) is 19.5 Å². The molecule has 0 amide bonds. The van der Waals surface area contributed by atoms with E-state index in [9.17, 15) is 0 Å². The zero-order valence-electron chi connectivity index (χ0n) is 7.69. The molecule has 13 heavy (non-hydrogen) atoms. The average Bonchev–Trinajstić information content (AvgIpc) is 2.49. The SMILES string of the molecule is C#CCn1nnc2c1CCN(C)C2. The normalized spacial score (nSPS) is 16.6. The fourth-order valence-corrected chi connectivity index (χ4v) is 1.61. The van der Waals surface area contributed by atoms with Gasteiger partial charge in [0.15, 0.2) is 0 Å². The van der Waals surface area contributed by atoms with Gasteiger partial charge >= 0.3 is 0 Å². The van der Waals surface area contributed by atoms with Crippen molar-refractivity contribution in [2.45, 2.75) is 19.5 Å². The predicted molar refractivity (Wildman–Crippen MR) is 48.9 cm³/mol. The molecule has 0 aromatic carbocycles. The number of fused-ring (bicyclic) bond motifs is 1. The van der Waals surface area contributed by atoms with Crippen molar-refractivity contribution in [2.24, 2.45) is 0 Å². The lowest BCUT2D eigenvalue weighted by molar-refractivity contribution is 0.305. The van der Waals surface area contributed by atoms with Crippen LogP contribution in [0, 0.1) is 12.3 Å². The molecule has 0 fully saturated rings. The Morgan fingerprint density at radius 3 is 3.23 bits per heavy atom. The summed E-state index contributed by atoms with van der Waals surface area (Å²) in [4.78, 5) is 2.23. The van der Waals surface area contributed by atoms with Crippen molar-refractivity contribution in [1.29, 1.82) is 0 Å². The lowest BCUT2D eigenvalue weighted by Crippen LogP contribution is -2.27. The molecule has 2 rings (SSSR count). The Hall–Kier alpha value is -1.34. The molecule has 0 radical (unpaired) electrons. The van der Waals surface area contributed by atoms with Crippen molar-refractivity contribution in [3.05, 3.63) is 11.4 Å². The van der Waals surface area contributed by atoms with Crippen molar-refractivity contribution < 1.29 is 0 Å².